The van der Waals surface area contributed by atoms with Crippen molar-refractivity contribution < 1.29 is 19.2 Å². The Labute approximate surface area is 270 Å². The molecule has 0 aromatic heterocycles. The molecule has 3 heterocycles. The average Bonchev–Trinajstić information content (AvgIpc) is 3.03. The van der Waals surface area contributed by atoms with Crippen LogP contribution in [0.3, 0.4) is 0 Å². The largest absolute Gasteiger partial charge is 0.350 e. The molecule has 46 heavy (non-hydrogen) atoms. The monoisotopic (exact) mass is 622 g/mol. The van der Waals surface area contributed by atoms with Gasteiger partial charge in [0.25, 0.3) is 11.8 Å². The summed E-state index contributed by atoms with van der Waals surface area (Å²) in [6, 6.07) is 16.3. The third-order valence-corrected chi connectivity index (χ3v) is 8.23. The van der Waals surface area contributed by atoms with Crippen LogP contribution in [0.4, 0.5) is 0 Å². The lowest BCUT2D eigenvalue weighted by molar-refractivity contribution is -0.130. The molecule has 4 N–H and O–H groups in total. The zero-order chi connectivity index (χ0) is 32.8. The van der Waals surface area contributed by atoms with Gasteiger partial charge in [0.05, 0.1) is 23.2 Å². The minimum Gasteiger partial charge on any atom is -0.350 e. The molecule has 4 atom stereocenters. The van der Waals surface area contributed by atoms with E-state index < -0.39 is 47.8 Å². The lowest BCUT2D eigenvalue weighted by Gasteiger charge is -2.33. The first-order valence-corrected chi connectivity index (χ1v) is 15.7. The van der Waals surface area contributed by atoms with Crippen molar-refractivity contribution in [2.75, 3.05) is 0 Å². The number of amides is 4. The number of rotatable bonds is 6. The van der Waals surface area contributed by atoms with E-state index in [1.807, 2.05) is 111 Å². The van der Waals surface area contributed by atoms with Gasteiger partial charge < -0.3 is 31.1 Å². The summed E-state index contributed by atoms with van der Waals surface area (Å²) in [6.45, 7) is 8.41. The highest BCUT2D eigenvalue weighted by Gasteiger charge is 2.36. The highest BCUT2D eigenvalue weighted by Crippen LogP contribution is 2.21. The van der Waals surface area contributed by atoms with Gasteiger partial charge in [-0.3, -0.25) is 19.2 Å². The highest BCUT2D eigenvalue weighted by molar-refractivity contribution is 6.02. The lowest BCUT2D eigenvalue weighted by Crippen LogP contribution is -2.58. The molecule has 2 aromatic rings. The molecule has 1 saturated heterocycles. The van der Waals surface area contributed by atoms with Crippen LogP contribution in [0.15, 0.2) is 109 Å². The molecule has 0 bridgehead atoms. The molecule has 0 spiro atoms. The first-order chi connectivity index (χ1) is 22.1. The van der Waals surface area contributed by atoms with Crippen molar-refractivity contribution in [1.29, 1.82) is 0 Å². The Morgan fingerprint density at radius 1 is 0.565 bits per heavy atom. The number of fused-ring (bicyclic) bond motifs is 2. The Morgan fingerprint density at radius 3 is 1.28 bits per heavy atom. The van der Waals surface area contributed by atoms with Crippen LogP contribution in [-0.4, -0.2) is 57.6 Å². The molecular formula is C36H42N6O4. The molecule has 0 aliphatic carbocycles. The van der Waals surface area contributed by atoms with Crippen molar-refractivity contribution in [2.24, 2.45) is 11.8 Å². The van der Waals surface area contributed by atoms with E-state index in [9.17, 15) is 19.2 Å². The van der Waals surface area contributed by atoms with Crippen LogP contribution in [0.25, 0.3) is 0 Å². The Kier molecular flexibility index (Phi) is 10.0. The maximum atomic E-state index is 13.9. The number of carbonyl (C=O) groups is 4. The molecule has 0 unspecified atom stereocenters. The summed E-state index contributed by atoms with van der Waals surface area (Å²) in [5.74, 6) is -2.29. The fourth-order valence-electron chi connectivity index (χ4n) is 5.65. The summed E-state index contributed by atoms with van der Waals surface area (Å²) in [6.07, 6.45) is 10.5. The van der Waals surface area contributed by atoms with Gasteiger partial charge in [0.1, 0.15) is 12.1 Å². The third kappa shape index (κ3) is 7.74. The first kappa shape index (κ1) is 32.3. The van der Waals surface area contributed by atoms with E-state index in [1.54, 1.807) is 24.6 Å². The second-order valence-corrected chi connectivity index (χ2v) is 12.5. The van der Waals surface area contributed by atoms with Gasteiger partial charge in [-0.2, -0.15) is 0 Å². The van der Waals surface area contributed by atoms with Crippen molar-refractivity contribution in [3.05, 3.63) is 120 Å². The van der Waals surface area contributed by atoms with Gasteiger partial charge in [-0.15, -0.1) is 0 Å². The van der Waals surface area contributed by atoms with E-state index in [-0.39, 0.29) is 23.0 Å². The van der Waals surface area contributed by atoms with E-state index in [0.29, 0.717) is 13.1 Å². The quantitative estimate of drug-likeness (QED) is 0.393. The Balaban J connectivity index is 1.47. The molecular weight excluding hydrogens is 580 g/mol. The lowest BCUT2D eigenvalue weighted by atomic mass is 9.96. The van der Waals surface area contributed by atoms with Crippen LogP contribution < -0.4 is 21.3 Å². The van der Waals surface area contributed by atoms with Gasteiger partial charge in [0.2, 0.25) is 11.8 Å². The van der Waals surface area contributed by atoms with Crippen LogP contribution in [-0.2, 0) is 32.3 Å². The summed E-state index contributed by atoms with van der Waals surface area (Å²) < 4.78 is 0. The number of hydrogen-bond donors (Lipinski definition) is 4. The summed E-state index contributed by atoms with van der Waals surface area (Å²) in [4.78, 5) is 59.0. The number of hydrogen-bond acceptors (Lipinski definition) is 6. The standard InChI is InChI=1S/C36H42N6O4/c1-23(2)31-35(45)37-29-15-17-42(20-26-13-9-6-10-14-26)22-28(29)34(44)40-32(24(3)4)36(46)38-30-16-18-41(21-27(30)33(43)39-31)19-25-11-7-5-8-12-25/h5-18,21-24,29-32H,19-20H2,1-4H3,(H,37,45)(H,38,46)(H,39,43)(H,40,44)/t29-,30-,31-,32-/m1/s1. The molecule has 0 saturated carbocycles. The van der Waals surface area contributed by atoms with Crippen molar-refractivity contribution in [1.82, 2.24) is 31.1 Å². The molecule has 2 aromatic carbocycles. The molecule has 10 heteroatoms. The summed E-state index contributed by atoms with van der Waals surface area (Å²) in [5, 5.41) is 11.8. The normalized spacial score (nSPS) is 23.8. The number of benzene rings is 2. The van der Waals surface area contributed by atoms with Crippen LogP contribution in [0.1, 0.15) is 38.8 Å². The van der Waals surface area contributed by atoms with Crippen molar-refractivity contribution in [2.45, 2.75) is 65.0 Å². The first-order valence-electron chi connectivity index (χ1n) is 15.7. The summed E-state index contributed by atoms with van der Waals surface area (Å²) in [5.41, 5.74) is 2.65. The molecule has 1 fully saturated rings. The molecule has 0 radical (unpaired) electrons. The topological polar surface area (TPSA) is 123 Å². The zero-order valence-corrected chi connectivity index (χ0v) is 26.6. The zero-order valence-electron chi connectivity index (χ0n) is 26.6. The Bertz CT molecular complexity index is 1450. The molecule has 5 rings (SSSR count). The second-order valence-electron chi connectivity index (χ2n) is 12.5. The van der Waals surface area contributed by atoms with Gasteiger partial charge in [-0.05, 0) is 35.1 Å². The molecule has 3 aliphatic heterocycles. The van der Waals surface area contributed by atoms with E-state index >= 15 is 0 Å². The van der Waals surface area contributed by atoms with Gasteiger partial charge in [-0.25, -0.2) is 0 Å². The smallest absolute Gasteiger partial charge is 0.251 e. The number of nitrogens with one attached hydrogen (secondary N) is 4. The van der Waals surface area contributed by atoms with Crippen molar-refractivity contribution >= 4 is 23.6 Å². The molecule has 3 aliphatic rings. The van der Waals surface area contributed by atoms with Gasteiger partial charge in [-0.1, -0.05) is 88.4 Å². The van der Waals surface area contributed by atoms with Gasteiger partial charge >= 0.3 is 0 Å². The van der Waals surface area contributed by atoms with E-state index in [2.05, 4.69) is 21.3 Å². The minimum absolute atomic E-state index is 0.265. The third-order valence-electron chi connectivity index (χ3n) is 8.23. The predicted molar refractivity (Wildman–Crippen MR) is 176 cm³/mol. The Morgan fingerprint density at radius 2 is 0.935 bits per heavy atom. The molecule has 4 amide bonds. The fraction of sp³-hybridized carbons (Fsp3) is 0.333. The summed E-state index contributed by atoms with van der Waals surface area (Å²) in [7, 11) is 0. The van der Waals surface area contributed by atoms with Crippen LogP contribution in [0.5, 0.6) is 0 Å². The maximum Gasteiger partial charge on any atom is 0.251 e. The van der Waals surface area contributed by atoms with Crippen LogP contribution in [0.2, 0.25) is 0 Å². The van der Waals surface area contributed by atoms with Gasteiger partial charge in [0.15, 0.2) is 0 Å². The molecule has 240 valence electrons. The SMILES string of the molecule is CC(C)[C@H]1NC(=O)C2=CN(Cc3ccccc3)C=C[C@H]2NC(=O)[C@@H](C(C)C)NC(=O)C2=CN(Cc3ccccc3)C=C[C@H]2NC1=O. The fourth-order valence-corrected chi connectivity index (χ4v) is 5.65. The van der Waals surface area contributed by atoms with Crippen molar-refractivity contribution in [3.8, 4) is 0 Å². The maximum absolute atomic E-state index is 13.9. The van der Waals surface area contributed by atoms with Crippen LogP contribution in [0, 0.1) is 11.8 Å². The molecule has 10 nitrogen and oxygen atoms in total. The van der Waals surface area contributed by atoms with E-state index in [1.165, 1.54) is 0 Å². The minimum atomic E-state index is -0.898. The van der Waals surface area contributed by atoms with E-state index in [4.69, 9.17) is 0 Å². The number of nitrogens with zero attached hydrogens (tertiary/aromatic N) is 2. The second kappa shape index (κ2) is 14.3. The summed E-state index contributed by atoms with van der Waals surface area (Å²) >= 11 is 0. The predicted octanol–water partition coefficient (Wildman–Crippen LogP) is 3.08. The average molecular weight is 623 g/mol. The highest BCUT2D eigenvalue weighted by atomic mass is 16.2. The van der Waals surface area contributed by atoms with Crippen molar-refractivity contribution in [3.63, 3.8) is 0 Å². The Hall–Kier alpha value is -5.12. The van der Waals surface area contributed by atoms with Crippen LogP contribution >= 0.6 is 0 Å². The van der Waals surface area contributed by atoms with Gasteiger partial charge in [0, 0.05) is 37.9 Å². The van der Waals surface area contributed by atoms with E-state index in [0.717, 1.165) is 11.1 Å². The number of carbonyl (C=O) groups excluding carboxylic acids is 4.